The number of nitrogens with one attached hydrogen (secondary N) is 1. The summed E-state index contributed by atoms with van der Waals surface area (Å²) in [5.41, 5.74) is 0.742. The number of thioether (sulfide) groups is 1. The molecule has 0 aliphatic heterocycles. The quantitative estimate of drug-likeness (QED) is 0.619. The van der Waals surface area contributed by atoms with Crippen molar-refractivity contribution in [3.63, 3.8) is 0 Å². The molecule has 0 radical (unpaired) electrons. The van der Waals surface area contributed by atoms with Crippen molar-refractivity contribution in [2.75, 3.05) is 18.1 Å². The summed E-state index contributed by atoms with van der Waals surface area (Å²) >= 11 is 1.66. The Morgan fingerprint density at radius 2 is 2.18 bits per heavy atom. The first-order chi connectivity index (χ1) is 8.15. The maximum absolute atomic E-state index is 13.0. The third kappa shape index (κ3) is 4.76. The third-order valence-corrected chi connectivity index (χ3v) is 3.19. The van der Waals surface area contributed by atoms with Crippen LogP contribution < -0.4 is 5.32 Å². The van der Waals surface area contributed by atoms with Gasteiger partial charge in [0, 0.05) is 18.3 Å². The van der Waals surface area contributed by atoms with Gasteiger partial charge in [0.2, 0.25) is 0 Å². The van der Waals surface area contributed by atoms with E-state index in [4.69, 9.17) is 6.42 Å². The van der Waals surface area contributed by atoms with Crippen molar-refractivity contribution in [2.24, 2.45) is 0 Å². The largest absolute Gasteiger partial charge is 0.309 e. The monoisotopic (exact) mass is 255 g/mol. The summed E-state index contributed by atoms with van der Waals surface area (Å²) in [6.45, 7) is 2.70. The van der Waals surface area contributed by atoms with E-state index in [-0.39, 0.29) is 6.04 Å². The Balaban J connectivity index is 2.39. The predicted molar refractivity (Wildman–Crippen MR) is 68.9 cm³/mol. The highest BCUT2D eigenvalue weighted by Crippen LogP contribution is 2.15. The summed E-state index contributed by atoms with van der Waals surface area (Å²) in [5, 5.41) is 3.23. The molecule has 92 valence electrons. The molecule has 0 aliphatic carbocycles. The molecule has 0 heterocycles. The standard InChI is InChI=1S/C13H15F2NS/c1-3-7-17-8-6-16-10(2)11-4-5-12(14)13(15)9-11/h1,4-5,9-10,16H,6-8H2,2H3. The fourth-order valence-electron chi connectivity index (χ4n) is 1.38. The summed E-state index contributed by atoms with van der Waals surface area (Å²) < 4.78 is 25.7. The Kier molecular flexibility index (Phi) is 6.03. The van der Waals surface area contributed by atoms with Crippen LogP contribution in [0.15, 0.2) is 18.2 Å². The van der Waals surface area contributed by atoms with Gasteiger partial charge in [0.25, 0.3) is 0 Å². The molecular formula is C13H15F2NS. The number of hydrogen-bond acceptors (Lipinski definition) is 2. The lowest BCUT2D eigenvalue weighted by Crippen LogP contribution is -2.21. The van der Waals surface area contributed by atoms with Crippen molar-refractivity contribution < 1.29 is 8.78 Å². The van der Waals surface area contributed by atoms with Gasteiger partial charge in [-0.25, -0.2) is 8.78 Å². The molecule has 1 rings (SSSR count). The van der Waals surface area contributed by atoms with Gasteiger partial charge >= 0.3 is 0 Å². The molecule has 0 amide bonds. The highest BCUT2D eigenvalue weighted by Gasteiger charge is 2.08. The molecule has 0 bridgehead atoms. The molecular weight excluding hydrogens is 240 g/mol. The first kappa shape index (κ1) is 14.0. The van der Waals surface area contributed by atoms with Crippen molar-refractivity contribution >= 4 is 11.8 Å². The van der Waals surface area contributed by atoms with Crippen LogP contribution in [0.1, 0.15) is 18.5 Å². The second-order valence-electron chi connectivity index (χ2n) is 3.61. The lowest BCUT2D eigenvalue weighted by molar-refractivity contribution is 0.502. The number of hydrogen-bond donors (Lipinski definition) is 1. The second-order valence-corrected chi connectivity index (χ2v) is 4.71. The molecule has 0 fully saturated rings. The smallest absolute Gasteiger partial charge is 0.159 e. The van der Waals surface area contributed by atoms with Gasteiger partial charge in [0.15, 0.2) is 11.6 Å². The molecule has 0 aliphatic rings. The average Bonchev–Trinajstić information content (AvgIpc) is 2.32. The van der Waals surface area contributed by atoms with Crippen molar-refractivity contribution in [1.29, 1.82) is 0 Å². The van der Waals surface area contributed by atoms with Gasteiger partial charge in [0.1, 0.15) is 0 Å². The average molecular weight is 255 g/mol. The number of benzene rings is 1. The van der Waals surface area contributed by atoms with Crippen LogP contribution in [0.5, 0.6) is 0 Å². The zero-order valence-electron chi connectivity index (χ0n) is 9.67. The van der Waals surface area contributed by atoms with E-state index < -0.39 is 11.6 Å². The maximum Gasteiger partial charge on any atom is 0.159 e. The second kappa shape index (κ2) is 7.31. The Labute approximate surface area is 105 Å². The van der Waals surface area contributed by atoms with Crippen LogP contribution in [0.4, 0.5) is 8.78 Å². The summed E-state index contributed by atoms with van der Waals surface area (Å²) in [6, 6.07) is 3.96. The first-order valence-corrected chi connectivity index (χ1v) is 6.50. The Morgan fingerprint density at radius 3 is 2.82 bits per heavy atom. The van der Waals surface area contributed by atoms with Gasteiger partial charge in [-0.15, -0.1) is 18.2 Å². The van der Waals surface area contributed by atoms with Gasteiger partial charge in [0.05, 0.1) is 5.75 Å². The Morgan fingerprint density at radius 1 is 1.41 bits per heavy atom. The zero-order valence-corrected chi connectivity index (χ0v) is 10.5. The van der Waals surface area contributed by atoms with E-state index in [0.29, 0.717) is 5.75 Å². The number of halogens is 2. The van der Waals surface area contributed by atoms with Crippen molar-refractivity contribution in [2.45, 2.75) is 13.0 Å². The van der Waals surface area contributed by atoms with Crippen LogP contribution in [0.2, 0.25) is 0 Å². The molecule has 1 aromatic carbocycles. The molecule has 0 saturated carbocycles. The Hall–Kier alpha value is -1.05. The van der Waals surface area contributed by atoms with Gasteiger partial charge < -0.3 is 5.32 Å². The van der Waals surface area contributed by atoms with E-state index in [2.05, 4.69) is 11.2 Å². The van der Waals surface area contributed by atoms with Crippen LogP contribution in [-0.4, -0.2) is 18.1 Å². The third-order valence-electron chi connectivity index (χ3n) is 2.33. The lowest BCUT2D eigenvalue weighted by atomic mass is 10.1. The van der Waals surface area contributed by atoms with E-state index in [1.54, 1.807) is 17.8 Å². The number of rotatable bonds is 6. The normalized spacial score (nSPS) is 12.1. The van der Waals surface area contributed by atoms with Crippen molar-refractivity contribution in [3.8, 4) is 12.3 Å². The lowest BCUT2D eigenvalue weighted by Gasteiger charge is -2.14. The minimum atomic E-state index is -0.814. The molecule has 1 unspecified atom stereocenters. The fourth-order valence-corrected chi connectivity index (χ4v) is 1.90. The summed E-state index contributed by atoms with van der Waals surface area (Å²) in [6.07, 6.45) is 5.12. The van der Waals surface area contributed by atoms with Gasteiger partial charge in [-0.3, -0.25) is 0 Å². The van der Waals surface area contributed by atoms with Crippen LogP contribution in [0.25, 0.3) is 0 Å². The van der Waals surface area contributed by atoms with Crippen LogP contribution >= 0.6 is 11.8 Å². The highest BCUT2D eigenvalue weighted by atomic mass is 32.2. The summed E-state index contributed by atoms with van der Waals surface area (Å²) in [4.78, 5) is 0. The van der Waals surface area contributed by atoms with Crippen molar-refractivity contribution in [3.05, 3.63) is 35.4 Å². The van der Waals surface area contributed by atoms with Gasteiger partial charge in [-0.05, 0) is 24.6 Å². The molecule has 0 spiro atoms. The molecule has 17 heavy (non-hydrogen) atoms. The Bertz CT molecular complexity index is 401. The van der Waals surface area contributed by atoms with Crippen molar-refractivity contribution in [1.82, 2.24) is 5.32 Å². The van der Waals surface area contributed by atoms with Crippen LogP contribution in [0.3, 0.4) is 0 Å². The maximum atomic E-state index is 13.0. The molecule has 1 atom stereocenters. The molecule has 0 saturated heterocycles. The fraction of sp³-hybridized carbons (Fsp3) is 0.385. The minimum Gasteiger partial charge on any atom is -0.309 e. The molecule has 1 nitrogen and oxygen atoms in total. The first-order valence-electron chi connectivity index (χ1n) is 5.34. The predicted octanol–water partition coefficient (Wildman–Crippen LogP) is 2.98. The molecule has 0 aromatic heterocycles. The minimum absolute atomic E-state index is 0.00321. The van der Waals surface area contributed by atoms with E-state index in [1.807, 2.05) is 6.92 Å². The van der Waals surface area contributed by atoms with Crippen LogP contribution in [0, 0.1) is 24.0 Å². The summed E-state index contributed by atoms with van der Waals surface area (Å²) in [7, 11) is 0. The number of terminal acetylenes is 1. The van der Waals surface area contributed by atoms with E-state index in [0.717, 1.165) is 23.9 Å². The summed E-state index contributed by atoms with van der Waals surface area (Å²) in [5.74, 6) is 2.52. The van der Waals surface area contributed by atoms with Gasteiger partial charge in [-0.1, -0.05) is 12.0 Å². The van der Waals surface area contributed by atoms with Crippen LogP contribution in [-0.2, 0) is 0 Å². The van der Waals surface area contributed by atoms with E-state index >= 15 is 0 Å². The molecule has 1 aromatic rings. The highest BCUT2D eigenvalue weighted by molar-refractivity contribution is 7.99. The van der Waals surface area contributed by atoms with E-state index in [9.17, 15) is 8.78 Å². The zero-order chi connectivity index (χ0) is 12.7. The molecule has 1 N–H and O–H groups in total. The SMILES string of the molecule is C#CCSCCNC(C)c1ccc(F)c(F)c1. The van der Waals surface area contributed by atoms with E-state index in [1.165, 1.54) is 6.07 Å². The topological polar surface area (TPSA) is 12.0 Å². The molecule has 4 heteroatoms. The van der Waals surface area contributed by atoms with Gasteiger partial charge in [-0.2, -0.15) is 0 Å².